The molecule has 9 heteroatoms. The van der Waals surface area contributed by atoms with E-state index in [9.17, 15) is 14.9 Å². The Balaban J connectivity index is 1.58. The Morgan fingerprint density at radius 2 is 1.79 bits per heavy atom. The number of halogens is 2. The van der Waals surface area contributed by atoms with Crippen LogP contribution in [-0.4, -0.2) is 16.8 Å². The number of cyclic esters (lactones) is 1. The molecule has 0 fully saturated rings. The van der Waals surface area contributed by atoms with E-state index in [0.29, 0.717) is 17.7 Å². The van der Waals surface area contributed by atoms with E-state index in [-0.39, 0.29) is 17.3 Å². The van der Waals surface area contributed by atoms with Crippen molar-refractivity contribution >= 4 is 68.8 Å². The van der Waals surface area contributed by atoms with Crippen molar-refractivity contribution in [2.45, 2.75) is 13.5 Å². The normalized spacial score (nSPS) is 14.2. The van der Waals surface area contributed by atoms with Crippen LogP contribution in [0, 0.1) is 24.2 Å². The average molecular weight is 666 g/mol. The van der Waals surface area contributed by atoms with Crippen LogP contribution in [0.4, 0.5) is 5.69 Å². The molecule has 0 radical (unpaired) electrons. The van der Waals surface area contributed by atoms with Crippen LogP contribution in [0.25, 0.3) is 6.08 Å². The van der Waals surface area contributed by atoms with Gasteiger partial charge >= 0.3 is 5.97 Å². The van der Waals surface area contributed by atoms with Gasteiger partial charge in [-0.1, -0.05) is 36.4 Å². The van der Waals surface area contributed by atoms with E-state index in [1.807, 2.05) is 42.5 Å². The smallest absolute Gasteiger partial charge is 0.363 e. The van der Waals surface area contributed by atoms with Crippen molar-refractivity contribution in [3.8, 4) is 5.75 Å². The molecule has 4 rings (SSSR count). The van der Waals surface area contributed by atoms with Crippen LogP contribution in [0.2, 0.25) is 0 Å². The standard InChI is InChI=1S/C24H16I2N2O5/c1-14-7-8-17(12-21(14)28(30)31)23-27-20(24(29)33-23)11-16-9-18(25)22(19(26)10-16)32-13-15-5-3-2-4-6-15/h2-12H,13H2,1H3/b20-11-. The maximum absolute atomic E-state index is 12.4. The maximum Gasteiger partial charge on any atom is 0.363 e. The minimum Gasteiger partial charge on any atom is -0.487 e. The molecule has 1 heterocycles. The highest BCUT2D eigenvalue weighted by Gasteiger charge is 2.26. The molecular formula is C24H16I2N2O5. The van der Waals surface area contributed by atoms with Crippen molar-refractivity contribution in [2.24, 2.45) is 4.99 Å². The van der Waals surface area contributed by atoms with E-state index in [2.05, 4.69) is 50.2 Å². The van der Waals surface area contributed by atoms with Gasteiger partial charge in [-0.05, 0) is 87.5 Å². The van der Waals surface area contributed by atoms with Crippen molar-refractivity contribution in [1.82, 2.24) is 0 Å². The van der Waals surface area contributed by atoms with Crippen molar-refractivity contribution < 1.29 is 19.2 Å². The summed E-state index contributed by atoms with van der Waals surface area (Å²) < 4.78 is 13.1. The molecule has 0 atom stereocenters. The number of hydrogen-bond donors (Lipinski definition) is 0. The van der Waals surface area contributed by atoms with Crippen molar-refractivity contribution in [3.05, 3.63) is 106 Å². The van der Waals surface area contributed by atoms with Crippen molar-refractivity contribution in [3.63, 3.8) is 0 Å². The molecule has 1 aliphatic heterocycles. The predicted octanol–water partition coefficient (Wildman–Crippen LogP) is 6.04. The number of aliphatic imine (C=N–C) groups is 1. The number of benzene rings is 3. The molecule has 0 unspecified atom stereocenters. The summed E-state index contributed by atoms with van der Waals surface area (Å²) in [6.45, 7) is 2.10. The average Bonchev–Trinajstić information content (AvgIpc) is 3.14. The van der Waals surface area contributed by atoms with Gasteiger partial charge in [0.05, 0.1) is 12.1 Å². The number of esters is 1. The zero-order valence-corrected chi connectivity index (χ0v) is 21.6. The number of nitrogens with zero attached hydrogens (tertiary/aromatic N) is 2. The number of nitro groups is 1. The lowest BCUT2D eigenvalue weighted by Crippen LogP contribution is -2.06. The van der Waals surface area contributed by atoms with Gasteiger partial charge in [0, 0.05) is 17.2 Å². The third-order valence-electron chi connectivity index (χ3n) is 4.82. The summed E-state index contributed by atoms with van der Waals surface area (Å²) in [6, 6.07) is 18.3. The van der Waals surface area contributed by atoms with Crippen LogP contribution in [-0.2, 0) is 16.1 Å². The van der Waals surface area contributed by atoms with Crippen molar-refractivity contribution in [2.75, 3.05) is 0 Å². The quantitative estimate of drug-likeness (QED) is 0.105. The van der Waals surface area contributed by atoms with E-state index in [4.69, 9.17) is 9.47 Å². The number of carbonyl (C=O) groups excluding carboxylic acids is 1. The van der Waals surface area contributed by atoms with Gasteiger partial charge in [0.25, 0.3) is 5.69 Å². The second kappa shape index (κ2) is 10.00. The molecule has 0 aliphatic carbocycles. The first-order valence-corrected chi connectivity index (χ1v) is 11.9. The summed E-state index contributed by atoms with van der Waals surface area (Å²) in [7, 11) is 0. The Hall–Kier alpha value is -2.80. The molecule has 0 spiro atoms. The fourth-order valence-electron chi connectivity index (χ4n) is 3.16. The van der Waals surface area contributed by atoms with Gasteiger partial charge in [-0.2, -0.15) is 0 Å². The van der Waals surface area contributed by atoms with Crippen LogP contribution < -0.4 is 4.74 Å². The molecule has 33 heavy (non-hydrogen) atoms. The second-order valence-corrected chi connectivity index (χ2v) is 9.51. The summed E-state index contributed by atoms with van der Waals surface area (Å²) in [4.78, 5) is 27.4. The summed E-state index contributed by atoms with van der Waals surface area (Å²) in [5.74, 6) is 0.205. The van der Waals surface area contributed by atoms with Gasteiger partial charge in [0.15, 0.2) is 5.70 Å². The zero-order valence-electron chi connectivity index (χ0n) is 17.2. The van der Waals surface area contributed by atoms with Gasteiger partial charge in [-0.25, -0.2) is 9.79 Å². The van der Waals surface area contributed by atoms with Gasteiger partial charge in [0.1, 0.15) is 12.4 Å². The highest BCUT2D eigenvalue weighted by atomic mass is 127. The molecule has 0 aromatic heterocycles. The second-order valence-electron chi connectivity index (χ2n) is 7.18. The first-order valence-electron chi connectivity index (χ1n) is 9.75. The molecule has 3 aromatic rings. The maximum atomic E-state index is 12.4. The Kier molecular flexibility index (Phi) is 7.08. The van der Waals surface area contributed by atoms with Gasteiger partial charge in [-0.15, -0.1) is 0 Å². The minimum absolute atomic E-state index is 0.0431. The summed E-state index contributed by atoms with van der Waals surface area (Å²) in [5, 5.41) is 11.2. The number of hydrogen-bond acceptors (Lipinski definition) is 6. The van der Waals surface area contributed by atoms with Gasteiger partial charge in [0.2, 0.25) is 5.90 Å². The third-order valence-corrected chi connectivity index (χ3v) is 6.43. The van der Waals surface area contributed by atoms with Crippen LogP contribution in [0.5, 0.6) is 5.75 Å². The number of rotatable bonds is 6. The Labute approximate surface area is 217 Å². The van der Waals surface area contributed by atoms with Crippen LogP contribution in [0.3, 0.4) is 0 Å². The predicted molar refractivity (Wildman–Crippen MR) is 141 cm³/mol. The topological polar surface area (TPSA) is 91.0 Å². The largest absolute Gasteiger partial charge is 0.487 e. The lowest BCUT2D eigenvalue weighted by molar-refractivity contribution is -0.385. The highest BCUT2D eigenvalue weighted by molar-refractivity contribution is 14.1. The number of nitro benzene ring substituents is 1. The summed E-state index contributed by atoms with van der Waals surface area (Å²) >= 11 is 4.39. The SMILES string of the molecule is Cc1ccc(C2=N/C(=C\c3cc(I)c(OCc4ccccc4)c(I)c3)C(=O)O2)cc1[N+](=O)[O-]. The van der Waals surface area contributed by atoms with Gasteiger partial charge < -0.3 is 9.47 Å². The molecule has 1 aliphatic rings. The molecule has 3 aromatic carbocycles. The van der Waals surface area contributed by atoms with E-state index >= 15 is 0 Å². The molecule has 0 bridgehead atoms. The fourth-order valence-corrected chi connectivity index (χ4v) is 5.29. The van der Waals surface area contributed by atoms with E-state index in [1.165, 1.54) is 6.07 Å². The summed E-state index contributed by atoms with van der Waals surface area (Å²) in [6.07, 6.45) is 1.63. The van der Waals surface area contributed by atoms with E-state index in [1.54, 1.807) is 25.1 Å². The summed E-state index contributed by atoms with van der Waals surface area (Å²) in [5.41, 5.74) is 2.79. The Morgan fingerprint density at radius 1 is 1.09 bits per heavy atom. The molecule has 0 saturated carbocycles. The zero-order chi connectivity index (χ0) is 23.5. The monoisotopic (exact) mass is 666 g/mol. The van der Waals surface area contributed by atoms with Gasteiger partial charge in [-0.3, -0.25) is 10.1 Å². The fraction of sp³-hybridized carbons (Fsp3) is 0.0833. The molecule has 7 nitrogen and oxygen atoms in total. The minimum atomic E-state index is -0.609. The Bertz CT molecular complexity index is 1300. The highest BCUT2D eigenvalue weighted by Crippen LogP contribution is 2.31. The van der Waals surface area contributed by atoms with Crippen LogP contribution in [0.1, 0.15) is 22.3 Å². The Morgan fingerprint density at radius 3 is 2.45 bits per heavy atom. The lowest BCUT2D eigenvalue weighted by atomic mass is 10.1. The number of aryl methyl sites for hydroxylation is 1. The first kappa shape index (κ1) is 23.4. The third kappa shape index (κ3) is 5.41. The molecular weight excluding hydrogens is 650 g/mol. The van der Waals surface area contributed by atoms with E-state index < -0.39 is 10.9 Å². The first-order chi connectivity index (χ1) is 15.8. The molecule has 0 N–H and O–H groups in total. The lowest BCUT2D eigenvalue weighted by Gasteiger charge is -2.11. The number of carbonyl (C=O) groups is 1. The number of ether oxygens (including phenoxy) is 2. The molecule has 0 saturated heterocycles. The molecule has 0 amide bonds. The van der Waals surface area contributed by atoms with E-state index in [0.717, 1.165) is 24.0 Å². The van der Waals surface area contributed by atoms with Crippen LogP contribution in [0.15, 0.2) is 71.4 Å². The van der Waals surface area contributed by atoms with Crippen LogP contribution >= 0.6 is 45.2 Å². The van der Waals surface area contributed by atoms with Crippen molar-refractivity contribution in [1.29, 1.82) is 0 Å². The molecule has 166 valence electrons.